The smallest absolute Gasteiger partial charge is 0.0371 e. The molecule has 1 fully saturated rings. The van der Waals surface area contributed by atoms with E-state index in [0.29, 0.717) is 6.54 Å². The quantitative estimate of drug-likeness (QED) is 0.879. The summed E-state index contributed by atoms with van der Waals surface area (Å²) in [5.74, 6) is 0. The number of nitrogens with zero attached hydrogens (tertiary/aromatic N) is 1. The minimum Gasteiger partial charge on any atom is -0.369 e. The number of hydrogen-bond donors (Lipinski definition) is 1. The van der Waals surface area contributed by atoms with Gasteiger partial charge in [0.25, 0.3) is 0 Å². The number of rotatable bonds is 4. The van der Waals surface area contributed by atoms with Crippen LogP contribution in [0.4, 0.5) is 5.69 Å². The molecule has 0 aromatic heterocycles. The van der Waals surface area contributed by atoms with Crippen molar-refractivity contribution >= 4 is 5.69 Å². The fourth-order valence-corrected chi connectivity index (χ4v) is 3.06. The van der Waals surface area contributed by atoms with Crippen molar-refractivity contribution in [2.24, 2.45) is 5.73 Å². The van der Waals surface area contributed by atoms with Gasteiger partial charge in [-0.25, -0.2) is 0 Å². The molecule has 1 aliphatic rings. The van der Waals surface area contributed by atoms with Crippen molar-refractivity contribution in [3.8, 4) is 0 Å². The summed E-state index contributed by atoms with van der Waals surface area (Å²) in [5, 5.41) is 0. The largest absolute Gasteiger partial charge is 0.369 e. The van der Waals surface area contributed by atoms with Crippen LogP contribution in [-0.2, 0) is 6.54 Å². The van der Waals surface area contributed by atoms with Gasteiger partial charge in [0, 0.05) is 24.8 Å². The van der Waals surface area contributed by atoms with Gasteiger partial charge >= 0.3 is 0 Å². The predicted octanol–water partition coefficient (Wildman–Crippen LogP) is 3.61. The first-order valence-corrected chi connectivity index (χ1v) is 7.32. The van der Waals surface area contributed by atoms with E-state index < -0.39 is 0 Å². The van der Waals surface area contributed by atoms with Crippen LogP contribution in [0.1, 0.15) is 50.2 Å². The zero-order chi connectivity index (χ0) is 13.0. The van der Waals surface area contributed by atoms with Gasteiger partial charge in [0.15, 0.2) is 0 Å². The highest BCUT2D eigenvalue weighted by Crippen LogP contribution is 2.28. The lowest BCUT2D eigenvalue weighted by Gasteiger charge is -2.38. The van der Waals surface area contributed by atoms with Crippen molar-refractivity contribution < 1.29 is 0 Å². The summed E-state index contributed by atoms with van der Waals surface area (Å²) in [6.45, 7) is 6.32. The summed E-state index contributed by atoms with van der Waals surface area (Å²) in [7, 11) is 0. The molecule has 1 aromatic carbocycles. The summed E-state index contributed by atoms with van der Waals surface area (Å²) >= 11 is 0. The standard InChI is InChI=1S/C16H26N2/c1-3-6-15-7-4-5-10-18(15)16-9-8-14(12-17)13(2)11-16/h8-9,11,15H,3-7,10,12,17H2,1-2H3. The average molecular weight is 246 g/mol. The maximum absolute atomic E-state index is 5.74. The van der Waals surface area contributed by atoms with Crippen LogP contribution in [-0.4, -0.2) is 12.6 Å². The molecule has 1 unspecified atom stereocenters. The van der Waals surface area contributed by atoms with E-state index in [2.05, 4.69) is 36.9 Å². The Labute approximate surface area is 111 Å². The molecule has 0 saturated carbocycles. The summed E-state index contributed by atoms with van der Waals surface area (Å²) in [4.78, 5) is 2.61. The minimum atomic E-state index is 0.643. The Morgan fingerprint density at radius 3 is 2.83 bits per heavy atom. The van der Waals surface area contributed by atoms with Crippen LogP contribution in [0.5, 0.6) is 0 Å². The second-order valence-electron chi connectivity index (χ2n) is 5.45. The molecule has 1 aromatic rings. The van der Waals surface area contributed by atoms with E-state index in [9.17, 15) is 0 Å². The Kier molecular flexibility index (Phi) is 4.65. The highest BCUT2D eigenvalue weighted by molar-refractivity contribution is 5.52. The van der Waals surface area contributed by atoms with Crippen molar-refractivity contribution in [1.82, 2.24) is 0 Å². The molecular formula is C16H26N2. The van der Waals surface area contributed by atoms with Gasteiger partial charge in [-0.05, 0) is 55.9 Å². The van der Waals surface area contributed by atoms with E-state index >= 15 is 0 Å². The van der Waals surface area contributed by atoms with Crippen molar-refractivity contribution in [3.63, 3.8) is 0 Å². The van der Waals surface area contributed by atoms with Gasteiger partial charge in [0.1, 0.15) is 0 Å². The monoisotopic (exact) mass is 246 g/mol. The predicted molar refractivity (Wildman–Crippen MR) is 79.0 cm³/mol. The fraction of sp³-hybridized carbons (Fsp3) is 0.625. The van der Waals surface area contributed by atoms with Gasteiger partial charge < -0.3 is 10.6 Å². The van der Waals surface area contributed by atoms with Gasteiger partial charge in [0.05, 0.1) is 0 Å². The SMILES string of the molecule is CCCC1CCCCN1c1ccc(CN)c(C)c1. The Morgan fingerprint density at radius 2 is 2.17 bits per heavy atom. The van der Waals surface area contributed by atoms with Crippen LogP contribution in [0.2, 0.25) is 0 Å². The zero-order valence-electron chi connectivity index (χ0n) is 11.8. The van der Waals surface area contributed by atoms with E-state index in [0.717, 1.165) is 6.04 Å². The molecule has 1 heterocycles. The van der Waals surface area contributed by atoms with Gasteiger partial charge in [0.2, 0.25) is 0 Å². The molecule has 0 spiro atoms. The summed E-state index contributed by atoms with van der Waals surface area (Å²) in [5.41, 5.74) is 9.73. The van der Waals surface area contributed by atoms with Crippen LogP contribution < -0.4 is 10.6 Å². The zero-order valence-corrected chi connectivity index (χ0v) is 11.8. The third-order valence-corrected chi connectivity index (χ3v) is 4.13. The second-order valence-corrected chi connectivity index (χ2v) is 5.45. The van der Waals surface area contributed by atoms with Crippen molar-refractivity contribution in [2.45, 2.75) is 58.5 Å². The van der Waals surface area contributed by atoms with Crippen LogP contribution in [0.3, 0.4) is 0 Å². The maximum Gasteiger partial charge on any atom is 0.0371 e. The third kappa shape index (κ3) is 2.86. The lowest BCUT2D eigenvalue weighted by Crippen LogP contribution is -2.39. The first-order chi connectivity index (χ1) is 8.76. The maximum atomic E-state index is 5.74. The van der Waals surface area contributed by atoms with Gasteiger partial charge in [-0.1, -0.05) is 19.4 Å². The number of aryl methyl sites for hydroxylation is 1. The average Bonchev–Trinajstić information content (AvgIpc) is 2.40. The first kappa shape index (κ1) is 13.4. The Bertz CT molecular complexity index is 385. The lowest BCUT2D eigenvalue weighted by atomic mass is 9.96. The molecule has 2 heteroatoms. The number of nitrogens with two attached hydrogens (primary N) is 1. The molecule has 0 amide bonds. The highest BCUT2D eigenvalue weighted by Gasteiger charge is 2.21. The molecule has 1 saturated heterocycles. The summed E-state index contributed by atoms with van der Waals surface area (Å²) in [6.07, 6.45) is 6.67. The molecule has 0 aliphatic carbocycles. The molecule has 0 bridgehead atoms. The lowest BCUT2D eigenvalue weighted by molar-refractivity contribution is 0.434. The van der Waals surface area contributed by atoms with Crippen molar-refractivity contribution in [3.05, 3.63) is 29.3 Å². The molecule has 100 valence electrons. The number of anilines is 1. The molecule has 18 heavy (non-hydrogen) atoms. The molecule has 1 atom stereocenters. The first-order valence-electron chi connectivity index (χ1n) is 7.32. The van der Waals surface area contributed by atoms with E-state index in [1.807, 2.05) is 0 Å². The van der Waals surface area contributed by atoms with Crippen molar-refractivity contribution in [1.29, 1.82) is 0 Å². The topological polar surface area (TPSA) is 29.3 Å². The molecule has 0 radical (unpaired) electrons. The van der Waals surface area contributed by atoms with Gasteiger partial charge in [-0.2, -0.15) is 0 Å². The minimum absolute atomic E-state index is 0.643. The highest BCUT2D eigenvalue weighted by atomic mass is 15.2. The van der Waals surface area contributed by atoms with Crippen LogP contribution in [0, 0.1) is 6.92 Å². The number of benzene rings is 1. The Hall–Kier alpha value is -1.02. The Morgan fingerprint density at radius 1 is 1.33 bits per heavy atom. The van der Waals surface area contributed by atoms with E-state index in [1.54, 1.807) is 0 Å². The molecular weight excluding hydrogens is 220 g/mol. The Balaban J connectivity index is 2.19. The summed E-state index contributed by atoms with van der Waals surface area (Å²) in [6, 6.07) is 7.51. The number of piperidine rings is 1. The third-order valence-electron chi connectivity index (χ3n) is 4.13. The molecule has 2 N–H and O–H groups in total. The van der Waals surface area contributed by atoms with Gasteiger partial charge in [-0.15, -0.1) is 0 Å². The molecule has 2 rings (SSSR count). The fourth-order valence-electron chi connectivity index (χ4n) is 3.06. The van der Waals surface area contributed by atoms with E-state index in [4.69, 9.17) is 5.73 Å². The summed E-state index contributed by atoms with van der Waals surface area (Å²) < 4.78 is 0. The van der Waals surface area contributed by atoms with Crippen molar-refractivity contribution in [2.75, 3.05) is 11.4 Å². The number of hydrogen-bond acceptors (Lipinski definition) is 2. The normalized spacial score (nSPS) is 20.2. The van der Waals surface area contributed by atoms with E-state index in [1.165, 1.54) is 55.5 Å². The van der Waals surface area contributed by atoms with Crippen LogP contribution >= 0.6 is 0 Å². The van der Waals surface area contributed by atoms with E-state index in [-0.39, 0.29) is 0 Å². The molecule has 1 aliphatic heterocycles. The van der Waals surface area contributed by atoms with Crippen LogP contribution in [0.25, 0.3) is 0 Å². The van der Waals surface area contributed by atoms with Crippen LogP contribution in [0.15, 0.2) is 18.2 Å². The van der Waals surface area contributed by atoms with Gasteiger partial charge in [-0.3, -0.25) is 0 Å². The molecule has 2 nitrogen and oxygen atoms in total. The second kappa shape index (κ2) is 6.24.